The molecule has 3 rings (SSSR count). The zero-order valence-electron chi connectivity index (χ0n) is 16.5. The lowest BCUT2D eigenvalue weighted by atomic mass is 9.79. The molecule has 28 heavy (non-hydrogen) atoms. The molecule has 0 fully saturated rings. The molecule has 2 N–H and O–H groups in total. The van der Waals surface area contributed by atoms with E-state index in [1.807, 2.05) is 30.3 Å². The molecule has 146 valence electrons. The molecule has 0 aliphatic carbocycles. The molecule has 6 heteroatoms. The van der Waals surface area contributed by atoms with Crippen molar-refractivity contribution < 1.29 is 4.79 Å². The van der Waals surface area contributed by atoms with Crippen LogP contribution in [0.2, 0.25) is 0 Å². The van der Waals surface area contributed by atoms with Gasteiger partial charge in [0.05, 0.1) is 0 Å². The second-order valence-electron chi connectivity index (χ2n) is 7.56. The van der Waals surface area contributed by atoms with Gasteiger partial charge in [-0.2, -0.15) is 5.10 Å². The van der Waals surface area contributed by atoms with Crippen LogP contribution in [0, 0.1) is 0 Å². The van der Waals surface area contributed by atoms with Crippen molar-refractivity contribution in [3.05, 3.63) is 77.6 Å². The molecule has 3 aromatic rings. The van der Waals surface area contributed by atoms with E-state index in [2.05, 4.69) is 65.5 Å². The van der Waals surface area contributed by atoms with Crippen molar-refractivity contribution in [2.45, 2.75) is 49.6 Å². The van der Waals surface area contributed by atoms with E-state index in [4.69, 9.17) is 0 Å². The number of aromatic amines is 1. The number of H-pyrrole nitrogens is 1. The Hall–Kier alpha value is -2.60. The van der Waals surface area contributed by atoms with E-state index in [-0.39, 0.29) is 17.4 Å². The van der Waals surface area contributed by atoms with Gasteiger partial charge in [0.25, 0.3) is 5.91 Å². The van der Waals surface area contributed by atoms with E-state index in [1.165, 1.54) is 23.7 Å². The molecule has 1 amide bonds. The molecule has 1 heterocycles. The van der Waals surface area contributed by atoms with Crippen LogP contribution in [0.3, 0.4) is 0 Å². The average molecular weight is 395 g/mol. The Morgan fingerprint density at radius 3 is 2.57 bits per heavy atom. The standard InChI is InChI=1S/C22H26N4OS/c1-16(13-22(2,3)18-10-5-4-6-11-18)25-20(27)19-12-8-7-9-17(19)14-28-21-23-15-24-26-21/h4-12,15-16H,13-14H2,1-3H3,(H,25,27)(H,23,24,26). The van der Waals surface area contributed by atoms with Gasteiger partial charge in [-0.1, -0.05) is 74.1 Å². The van der Waals surface area contributed by atoms with Crippen LogP contribution in [-0.2, 0) is 11.2 Å². The summed E-state index contributed by atoms with van der Waals surface area (Å²) in [6.07, 6.45) is 2.34. The normalized spacial score (nSPS) is 12.5. The summed E-state index contributed by atoms with van der Waals surface area (Å²) < 4.78 is 0. The Bertz CT molecular complexity index is 894. The highest BCUT2D eigenvalue weighted by Gasteiger charge is 2.24. The topological polar surface area (TPSA) is 70.7 Å². The van der Waals surface area contributed by atoms with Gasteiger partial charge in [0.1, 0.15) is 6.33 Å². The number of carbonyl (C=O) groups is 1. The lowest BCUT2D eigenvalue weighted by Gasteiger charge is -2.29. The van der Waals surface area contributed by atoms with Gasteiger partial charge in [-0.25, -0.2) is 4.98 Å². The second kappa shape index (κ2) is 9.06. The first-order chi connectivity index (χ1) is 13.5. The van der Waals surface area contributed by atoms with E-state index in [1.54, 1.807) is 0 Å². The minimum absolute atomic E-state index is 0.0182. The molecule has 1 unspecified atom stereocenters. The van der Waals surface area contributed by atoms with Gasteiger partial charge in [0, 0.05) is 17.4 Å². The van der Waals surface area contributed by atoms with Crippen molar-refractivity contribution in [3.63, 3.8) is 0 Å². The smallest absolute Gasteiger partial charge is 0.251 e. The van der Waals surface area contributed by atoms with Crippen LogP contribution in [-0.4, -0.2) is 27.1 Å². The zero-order chi connectivity index (χ0) is 20.0. The van der Waals surface area contributed by atoms with Gasteiger partial charge in [-0.15, -0.1) is 0 Å². The van der Waals surface area contributed by atoms with Crippen LogP contribution in [0.4, 0.5) is 0 Å². The van der Waals surface area contributed by atoms with Crippen molar-refractivity contribution in [1.82, 2.24) is 20.5 Å². The first-order valence-electron chi connectivity index (χ1n) is 9.38. The van der Waals surface area contributed by atoms with Crippen LogP contribution in [0.5, 0.6) is 0 Å². The molecule has 0 saturated carbocycles. The van der Waals surface area contributed by atoms with Crippen LogP contribution < -0.4 is 5.32 Å². The molecular formula is C22H26N4OS. The van der Waals surface area contributed by atoms with E-state index < -0.39 is 0 Å². The third kappa shape index (κ3) is 5.23. The van der Waals surface area contributed by atoms with E-state index >= 15 is 0 Å². The molecule has 2 aromatic carbocycles. The van der Waals surface area contributed by atoms with E-state index in [0.29, 0.717) is 11.3 Å². The van der Waals surface area contributed by atoms with Gasteiger partial charge in [0.2, 0.25) is 0 Å². The number of benzene rings is 2. The van der Waals surface area contributed by atoms with Crippen LogP contribution in [0.1, 0.15) is 48.7 Å². The predicted molar refractivity (Wildman–Crippen MR) is 113 cm³/mol. The summed E-state index contributed by atoms with van der Waals surface area (Å²) in [5.74, 6) is 0.619. The number of hydrogen-bond acceptors (Lipinski definition) is 4. The summed E-state index contributed by atoms with van der Waals surface area (Å²) >= 11 is 1.53. The van der Waals surface area contributed by atoms with Crippen LogP contribution in [0.25, 0.3) is 0 Å². The number of carbonyl (C=O) groups excluding carboxylic acids is 1. The number of nitrogens with zero attached hydrogens (tertiary/aromatic N) is 2. The maximum Gasteiger partial charge on any atom is 0.251 e. The number of hydrogen-bond donors (Lipinski definition) is 2. The summed E-state index contributed by atoms with van der Waals surface area (Å²) in [4.78, 5) is 17.0. The maximum atomic E-state index is 12.9. The fraction of sp³-hybridized carbons (Fsp3) is 0.318. The third-order valence-corrected chi connectivity index (χ3v) is 5.69. The Kier molecular flexibility index (Phi) is 6.52. The molecular weight excluding hydrogens is 368 g/mol. The Balaban J connectivity index is 1.64. The summed E-state index contributed by atoms with van der Waals surface area (Å²) in [6, 6.07) is 18.2. The fourth-order valence-electron chi connectivity index (χ4n) is 3.40. The quantitative estimate of drug-likeness (QED) is 0.549. The molecule has 0 saturated heterocycles. The van der Waals surface area contributed by atoms with Gasteiger partial charge < -0.3 is 5.32 Å². The number of nitrogens with one attached hydrogen (secondary N) is 2. The van der Waals surface area contributed by atoms with Crippen LogP contribution in [0.15, 0.2) is 66.1 Å². The Morgan fingerprint density at radius 1 is 1.14 bits per heavy atom. The maximum absolute atomic E-state index is 12.9. The van der Waals surface area contributed by atoms with Crippen molar-refractivity contribution >= 4 is 17.7 Å². The molecule has 0 spiro atoms. The molecule has 0 aliphatic rings. The highest BCUT2D eigenvalue weighted by molar-refractivity contribution is 7.98. The molecule has 1 atom stereocenters. The second-order valence-corrected chi connectivity index (χ2v) is 8.53. The van der Waals surface area contributed by atoms with Crippen molar-refractivity contribution in [2.75, 3.05) is 0 Å². The summed E-state index contributed by atoms with van der Waals surface area (Å²) in [5, 5.41) is 10.6. The average Bonchev–Trinajstić information content (AvgIpc) is 3.20. The fourth-order valence-corrected chi connectivity index (χ4v) is 4.19. The third-order valence-electron chi connectivity index (χ3n) is 4.77. The van der Waals surface area contributed by atoms with E-state index in [0.717, 1.165) is 17.1 Å². The molecule has 0 aliphatic heterocycles. The van der Waals surface area contributed by atoms with Crippen molar-refractivity contribution in [1.29, 1.82) is 0 Å². The van der Waals surface area contributed by atoms with Crippen molar-refractivity contribution in [2.24, 2.45) is 0 Å². The Labute approximate surface area is 170 Å². The number of amides is 1. The number of rotatable bonds is 8. The van der Waals surface area contributed by atoms with Gasteiger partial charge in [0.15, 0.2) is 5.16 Å². The largest absolute Gasteiger partial charge is 0.350 e. The Morgan fingerprint density at radius 2 is 1.86 bits per heavy atom. The highest BCUT2D eigenvalue weighted by atomic mass is 32.2. The minimum atomic E-state index is -0.0369. The number of thioether (sulfide) groups is 1. The SMILES string of the molecule is CC(CC(C)(C)c1ccccc1)NC(=O)c1ccccc1CSc1ncn[nH]1. The van der Waals surface area contributed by atoms with Crippen LogP contribution >= 0.6 is 11.8 Å². The van der Waals surface area contributed by atoms with Gasteiger partial charge in [-0.3, -0.25) is 9.89 Å². The monoisotopic (exact) mass is 394 g/mol. The molecule has 1 aromatic heterocycles. The minimum Gasteiger partial charge on any atom is -0.350 e. The first kappa shape index (κ1) is 20.1. The highest BCUT2D eigenvalue weighted by Crippen LogP contribution is 2.28. The number of aromatic nitrogens is 3. The first-order valence-corrected chi connectivity index (χ1v) is 10.4. The van der Waals surface area contributed by atoms with E-state index in [9.17, 15) is 4.79 Å². The molecule has 0 bridgehead atoms. The zero-order valence-corrected chi connectivity index (χ0v) is 17.3. The van der Waals surface area contributed by atoms with Gasteiger partial charge in [-0.05, 0) is 36.0 Å². The van der Waals surface area contributed by atoms with Gasteiger partial charge >= 0.3 is 0 Å². The summed E-state index contributed by atoms with van der Waals surface area (Å²) in [5.41, 5.74) is 2.95. The van der Waals surface area contributed by atoms with Crippen molar-refractivity contribution in [3.8, 4) is 0 Å². The predicted octanol–water partition coefficient (Wildman–Crippen LogP) is 4.58. The summed E-state index contributed by atoms with van der Waals surface area (Å²) in [7, 11) is 0. The lowest BCUT2D eigenvalue weighted by Crippen LogP contribution is -2.37. The summed E-state index contributed by atoms with van der Waals surface area (Å²) in [6.45, 7) is 6.49. The lowest BCUT2D eigenvalue weighted by molar-refractivity contribution is 0.0934. The molecule has 5 nitrogen and oxygen atoms in total. The molecule has 0 radical (unpaired) electrons.